The number of nitrogens with one attached hydrogen (secondary N) is 1. The average Bonchev–Trinajstić information content (AvgIpc) is 3.06. The molecule has 0 amide bonds. The van der Waals surface area contributed by atoms with Gasteiger partial charge in [0.15, 0.2) is 0 Å². The number of hydrogen-bond donors (Lipinski definition) is 1. The second-order valence-electron chi connectivity index (χ2n) is 6.69. The highest BCUT2D eigenvalue weighted by atomic mass is 15.2. The Hall–Kier alpha value is -0.0800. The molecule has 2 nitrogen and oxygen atoms in total. The molecule has 17 heavy (non-hydrogen) atoms. The van der Waals surface area contributed by atoms with Gasteiger partial charge in [-0.2, -0.15) is 0 Å². The maximum absolute atomic E-state index is 3.75. The fourth-order valence-electron chi connectivity index (χ4n) is 4.42. The SMILES string of the molecule is CC(CNCC1CC2CCC1C2)N1CCCC1. The van der Waals surface area contributed by atoms with E-state index in [4.69, 9.17) is 0 Å². The number of likely N-dealkylation sites (tertiary alicyclic amines) is 1. The summed E-state index contributed by atoms with van der Waals surface area (Å²) in [6.07, 6.45) is 8.96. The van der Waals surface area contributed by atoms with E-state index in [1.54, 1.807) is 6.42 Å². The van der Waals surface area contributed by atoms with Crippen molar-refractivity contribution in [2.45, 2.75) is 51.5 Å². The van der Waals surface area contributed by atoms with Crippen molar-refractivity contribution in [1.29, 1.82) is 0 Å². The smallest absolute Gasteiger partial charge is 0.0192 e. The molecule has 3 rings (SSSR count). The molecule has 2 bridgehead atoms. The fraction of sp³-hybridized carbons (Fsp3) is 1.00. The quantitative estimate of drug-likeness (QED) is 0.789. The first kappa shape index (κ1) is 12.0. The van der Waals surface area contributed by atoms with Gasteiger partial charge >= 0.3 is 0 Å². The Bertz CT molecular complexity index is 247. The summed E-state index contributed by atoms with van der Waals surface area (Å²) in [6, 6.07) is 0.746. The summed E-state index contributed by atoms with van der Waals surface area (Å²) in [5.41, 5.74) is 0. The molecule has 4 atom stereocenters. The molecule has 2 heteroatoms. The Balaban J connectivity index is 1.34. The van der Waals surface area contributed by atoms with E-state index in [1.807, 2.05) is 0 Å². The van der Waals surface area contributed by atoms with E-state index in [9.17, 15) is 0 Å². The van der Waals surface area contributed by atoms with Gasteiger partial charge in [-0.1, -0.05) is 6.42 Å². The van der Waals surface area contributed by atoms with E-state index in [0.717, 1.165) is 23.8 Å². The molecule has 1 heterocycles. The molecule has 1 saturated heterocycles. The van der Waals surface area contributed by atoms with Gasteiger partial charge in [-0.25, -0.2) is 0 Å². The molecule has 4 unspecified atom stereocenters. The Morgan fingerprint density at radius 1 is 1.18 bits per heavy atom. The van der Waals surface area contributed by atoms with Gasteiger partial charge in [0.1, 0.15) is 0 Å². The largest absolute Gasteiger partial charge is 0.315 e. The maximum Gasteiger partial charge on any atom is 0.0192 e. The van der Waals surface area contributed by atoms with Gasteiger partial charge in [-0.15, -0.1) is 0 Å². The van der Waals surface area contributed by atoms with Gasteiger partial charge in [0.2, 0.25) is 0 Å². The third-order valence-corrected chi connectivity index (χ3v) is 5.49. The average molecular weight is 236 g/mol. The zero-order valence-corrected chi connectivity index (χ0v) is 11.3. The van der Waals surface area contributed by atoms with Crippen LogP contribution in [-0.2, 0) is 0 Å². The number of fused-ring (bicyclic) bond motifs is 2. The Morgan fingerprint density at radius 2 is 2.00 bits per heavy atom. The molecule has 0 aromatic carbocycles. The van der Waals surface area contributed by atoms with Gasteiger partial charge in [-0.05, 0) is 76.4 Å². The van der Waals surface area contributed by atoms with Crippen LogP contribution in [0, 0.1) is 17.8 Å². The highest BCUT2D eigenvalue weighted by Crippen LogP contribution is 2.47. The van der Waals surface area contributed by atoms with E-state index in [2.05, 4.69) is 17.1 Å². The molecule has 2 saturated carbocycles. The zero-order valence-electron chi connectivity index (χ0n) is 11.3. The molecule has 98 valence electrons. The van der Waals surface area contributed by atoms with Gasteiger partial charge in [0.25, 0.3) is 0 Å². The van der Waals surface area contributed by atoms with Crippen LogP contribution in [0.25, 0.3) is 0 Å². The molecule has 2 aliphatic carbocycles. The van der Waals surface area contributed by atoms with Crippen molar-refractivity contribution >= 4 is 0 Å². The lowest BCUT2D eigenvalue weighted by Gasteiger charge is -2.26. The van der Waals surface area contributed by atoms with Crippen LogP contribution in [0.4, 0.5) is 0 Å². The predicted molar refractivity (Wildman–Crippen MR) is 72.1 cm³/mol. The van der Waals surface area contributed by atoms with Crippen LogP contribution >= 0.6 is 0 Å². The van der Waals surface area contributed by atoms with Gasteiger partial charge < -0.3 is 5.32 Å². The predicted octanol–water partition coefficient (Wildman–Crippen LogP) is 2.50. The monoisotopic (exact) mass is 236 g/mol. The summed E-state index contributed by atoms with van der Waals surface area (Å²) in [4.78, 5) is 2.65. The van der Waals surface area contributed by atoms with Crippen LogP contribution < -0.4 is 5.32 Å². The van der Waals surface area contributed by atoms with Gasteiger partial charge in [0.05, 0.1) is 0 Å². The molecular formula is C15H28N2. The first-order valence-corrected chi connectivity index (χ1v) is 7.77. The normalized spacial score (nSPS) is 39.0. The van der Waals surface area contributed by atoms with Crippen molar-refractivity contribution in [3.8, 4) is 0 Å². The molecular weight excluding hydrogens is 208 g/mol. The molecule has 0 radical (unpaired) electrons. The zero-order chi connectivity index (χ0) is 11.7. The lowest BCUT2D eigenvalue weighted by molar-refractivity contribution is 0.241. The topological polar surface area (TPSA) is 15.3 Å². The molecule has 0 aromatic rings. The van der Waals surface area contributed by atoms with Crippen molar-refractivity contribution in [3.05, 3.63) is 0 Å². The first-order chi connectivity index (χ1) is 8.33. The van der Waals surface area contributed by atoms with E-state index in [1.165, 1.54) is 58.3 Å². The third kappa shape index (κ3) is 2.68. The highest BCUT2D eigenvalue weighted by molar-refractivity contribution is 4.91. The van der Waals surface area contributed by atoms with Crippen LogP contribution in [0.5, 0.6) is 0 Å². The summed E-state index contributed by atoms with van der Waals surface area (Å²) in [5, 5.41) is 3.75. The molecule has 0 spiro atoms. The van der Waals surface area contributed by atoms with Crippen molar-refractivity contribution < 1.29 is 0 Å². The van der Waals surface area contributed by atoms with Crippen molar-refractivity contribution in [3.63, 3.8) is 0 Å². The van der Waals surface area contributed by atoms with E-state index in [-0.39, 0.29) is 0 Å². The van der Waals surface area contributed by atoms with Crippen LogP contribution in [0.15, 0.2) is 0 Å². The minimum atomic E-state index is 0.746. The van der Waals surface area contributed by atoms with Crippen molar-refractivity contribution in [2.75, 3.05) is 26.2 Å². The summed E-state index contributed by atoms with van der Waals surface area (Å²) in [5.74, 6) is 3.19. The van der Waals surface area contributed by atoms with Crippen LogP contribution in [0.3, 0.4) is 0 Å². The first-order valence-electron chi connectivity index (χ1n) is 7.77. The van der Waals surface area contributed by atoms with Gasteiger partial charge in [-0.3, -0.25) is 4.90 Å². The Morgan fingerprint density at radius 3 is 2.65 bits per heavy atom. The standard InChI is InChI=1S/C15H28N2/c1-12(17-6-2-3-7-17)10-16-11-15-9-13-4-5-14(15)8-13/h12-16H,2-11H2,1H3. The van der Waals surface area contributed by atoms with Crippen LogP contribution in [0.2, 0.25) is 0 Å². The van der Waals surface area contributed by atoms with E-state index >= 15 is 0 Å². The summed E-state index contributed by atoms with van der Waals surface area (Å²) >= 11 is 0. The molecule has 0 aromatic heterocycles. The third-order valence-electron chi connectivity index (χ3n) is 5.49. The van der Waals surface area contributed by atoms with Gasteiger partial charge in [0, 0.05) is 12.6 Å². The second-order valence-corrected chi connectivity index (χ2v) is 6.69. The molecule has 3 aliphatic rings. The maximum atomic E-state index is 3.75. The second kappa shape index (κ2) is 5.27. The number of rotatable bonds is 5. The Labute approximate surface area is 106 Å². The summed E-state index contributed by atoms with van der Waals surface area (Å²) in [6.45, 7) is 7.54. The minimum Gasteiger partial charge on any atom is -0.315 e. The van der Waals surface area contributed by atoms with E-state index in [0.29, 0.717) is 0 Å². The fourth-order valence-corrected chi connectivity index (χ4v) is 4.42. The Kier molecular flexibility index (Phi) is 3.72. The molecule has 1 aliphatic heterocycles. The summed E-state index contributed by atoms with van der Waals surface area (Å²) < 4.78 is 0. The lowest BCUT2D eigenvalue weighted by atomic mass is 9.89. The van der Waals surface area contributed by atoms with Crippen LogP contribution in [0.1, 0.15) is 45.4 Å². The molecule has 3 fully saturated rings. The highest BCUT2D eigenvalue weighted by Gasteiger charge is 2.38. The van der Waals surface area contributed by atoms with Crippen molar-refractivity contribution in [1.82, 2.24) is 10.2 Å². The molecule has 1 N–H and O–H groups in total. The number of nitrogens with zero attached hydrogens (tertiary/aromatic N) is 1. The number of hydrogen-bond acceptors (Lipinski definition) is 2. The summed E-state index contributed by atoms with van der Waals surface area (Å²) in [7, 11) is 0. The van der Waals surface area contributed by atoms with Crippen molar-refractivity contribution in [2.24, 2.45) is 17.8 Å². The van der Waals surface area contributed by atoms with E-state index < -0.39 is 0 Å². The lowest BCUT2D eigenvalue weighted by Crippen LogP contribution is -2.40. The minimum absolute atomic E-state index is 0.746. The van der Waals surface area contributed by atoms with Crippen LogP contribution in [-0.4, -0.2) is 37.1 Å².